The van der Waals surface area contributed by atoms with Gasteiger partial charge in [-0.05, 0) is 49.4 Å². The number of rotatable bonds is 5. The summed E-state index contributed by atoms with van der Waals surface area (Å²) in [6.07, 6.45) is 3.17. The molecule has 2 aliphatic rings. The van der Waals surface area contributed by atoms with Gasteiger partial charge in [-0.1, -0.05) is 18.6 Å². The highest BCUT2D eigenvalue weighted by molar-refractivity contribution is 7.99. The van der Waals surface area contributed by atoms with Crippen molar-refractivity contribution in [2.24, 2.45) is 17.6 Å². The Morgan fingerprint density at radius 3 is 2.88 bits per heavy atom. The lowest BCUT2D eigenvalue weighted by atomic mass is 9.95. The predicted octanol–water partition coefficient (Wildman–Crippen LogP) is 2.86. The maximum atomic E-state index is 12.7. The Labute approximate surface area is 149 Å². The monoisotopic (exact) mass is 347 g/mol. The summed E-state index contributed by atoms with van der Waals surface area (Å²) < 4.78 is 0. The normalized spacial score (nSPS) is 24.9. The molecule has 0 aromatic heterocycles. The second-order valence-electron chi connectivity index (χ2n) is 7.00. The van der Waals surface area contributed by atoms with Crippen LogP contribution >= 0.6 is 11.8 Å². The van der Waals surface area contributed by atoms with Gasteiger partial charge in [0, 0.05) is 42.7 Å². The third-order valence-corrected chi connectivity index (χ3v) is 6.44. The van der Waals surface area contributed by atoms with E-state index in [1.54, 1.807) is 0 Å². The summed E-state index contributed by atoms with van der Waals surface area (Å²) in [5.74, 6) is 3.02. The van der Waals surface area contributed by atoms with Crippen LogP contribution in [0.5, 0.6) is 0 Å². The lowest BCUT2D eigenvalue weighted by Crippen LogP contribution is -2.32. The second kappa shape index (κ2) is 8.37. The molecule has 0 spiro atoms. The fraction of sp³-hybridized carbons (Fsp3) is 0.632. The van der Waals surface area contributed by atoms with Crippen molar-refractivity contribution in [3.05, 3.63) is 29.3 Å². The van der Waals surface area contributed by atoms with Crippen molar-refractivity contribution in [1.82, 2.24) is 4.90 Å². The highest BCUT2D eigenvalue weighted by Gasteiger charge is 2.32. The first-order chi connectivity index (χ1) is 11.7. The van der Waals surface area contributed by atoms with Gasteiger partial charge in [-0.15, -0.1) is 0 Å². The van der Waals surface area contributed by atoms with Crippen molar-refractivity contribution in [2.75, 3.05) is 36.5 Å². The Balaban J connectivity index is 1.67. The summed E-state index contributed by atoms with van der Waals surface area (Å²) in [7, 11) is 0. The molecule has 0 bridgehead atoms. The molecular formula is C19H29N3OS. The SMILES string of the molecule is Cc1c(CN2CCSCC2)cccc1NC(=O)[C@@H]1CCC[C@@H]1CN. The average molecular weight is 348 g/mol. The van der Waals surface area contributed by atoms with E-state index >= 15 is 0 Å². The fourth-order valence-electron chi connectivity index (χ4n) is 3.88. The minimum atomic E-state index is 0.0807. The summed E-state index contributed by atoms with van der Waals surface area (Å²) in [5, 5.41) is 3.18. The Kier molecular flexibility index (Phi) is 6.19. The molecule has 2 fully saturated rings. The molecular weight excluding hydrogens is 318 g/mol. The maximum Gasteiger partial charge on any atom is 0.227 e. The van der Waals surface area contributed by atoms with Gasteiger partial charge in [-0.3, -0.25) is 9.69 Å². The summed E-state index contributed by atoms with van der Waals surface area (Å²) in [4.78, 5) is 15.2. The molecule has 2 atom stereocenters. The van der Waals surface area contributed by atoms with Crippen molar-refractivity contribution in [3.63, 3.8) is 0 Å². The van der Waals surface area contributed by atoms with Gasteiger partial charge in [-0.25, -0.2) is 0 Å². The van der Waals surface area contributed by atoms with E-state index in [9.17, 15) is 4.79 Å². The molecule has 1 heterocycles. The number of nitrogens with one attached hydrogen (secondary N) is 1. The van der Waals surface area contributed by atoms with E-state index < -0.39 is 0 Å². The van der Waals surface area contributed by atoms with Gasteiger partial charge in [0.25, 0.3) is 0 Å². The molecule has 1 aliphatic heterocycles. The smallest absolute Gasteiger partial charge is 0.227 e. The highest BCUT2D eigenvalue weighted by Crippen LogP contribution is 2.32. The van der Waals surface area contributed by atoms with Gasteiger partial charge >= 0.3 is 0 Å². The Hall–Kier alpha value is -1.04. The van der Waals surface area contributed by atoms with Crippen LogP contribution in [0.1, 0.15) is 30.4 Å². The minimum Gasteiger partial charge on any atom is -0.330 e. The van der Waals surface area contributed by atoms with Gasteiger partial charge in [0.2, 0.25) is 5.91 Å². The highest BCUT2D eigenvalue weighted by atomic mass is 32.2. The Morgan fingerprint density at radius 1 is 1.33 bits per heavy atom. The molecule has 1 saturated heterocycles. The van der Waals surface area contributed by atoms with Crippen LogP contribution < -0.4 is 11.1 Å². The number of benzene rings is 1. The number of anilines is 1. The van der Waals surface area contributed by atoms with Crippen molar-refractivity contribution >= 4 is 23.4 Å². The summed E-state index contributed by atoms with van der Waals surface area (Å²) in [6, 6.07) is 6.27. The summed E-state index contributed by atoms with van der Waals surface area (Å²) in [6.45, 7) is 6.02. The van der Waals surface area contributed by atoms with E-state index in [0.29, 0.717) is 12.5 Å². The average Bonchev–Trinajstić information content (AvgIpc) is 3.08. The molecule has 0 unspecified atom stereocenters. The minimum absolute atomic E-state index is 0.0807. The van der Waals surface area contributed by atoms with Gasteiger partial charge < -0.3 is 11.1 Å². The summed E-state index contributed by atoms with van der Waals surface area (Å²) >= 11 is 2.03. The number of hydrogen-bond donors (Lipinski definition) is 2. The van der Waals surface area contributed by atoms with Gasteiger partial charge in [0.05, 0.1) is 0 Å². The molecule has 3 N–H and O–H groups in total. The van der Waals surface area contributed by atoms with E-state index in [1.807, 2.05) is 17.8 Å². The van der Waals surface area contributed by atoms with Crippen LogP contribution in [0.25, 0.3) is 0 Å². The second-order valence-corrected chi connectivity index (χ2v) is 8.23. The topological polar surface area (TPSA) is 58.4 Å². The van der Waals surface area contributed by atoms with Gasteiger partial charge in [0.15, 0.2) is 0 Å². The molecule has 1 amide bonds. The van der Waals surface area contributed by atoms with E-state index in [-0.39, 0.29) is 11.8 Å². The van der Waals surface area contributed by atoms with Crippen LogP contribution in [0.4, 0.5) is 5.69 Å². The van der Waals surface area contributed by atoms with Crippen LogP contribution in [0.15, 0.2) is 18.2 Å². The molecule has 5 heteroatoms. The van der Waals surface area contributed by atoms with Crippen molar-refractivity contribution in [3.8, 4) is 0 Å². The zero-order valence-electron chi connectivity index (χ0n) is 14.6. The van der Waals surface area contributed by atoms with Crippen molar-refractivity contribution in [2.45, 2.75) is 32.7 Å². The molecule has 132 valence electrons. The lowest BCUT2D eigenvalue weighted by molar-refractivity contribution is -0.120. The number of hydrogen-bond acceptors (Lipinski definition) is 4. The number of amides is 1. The number of carbonyl (C=O) groups is 1. The van der Waals surface area contributed by atoms with Crippen LogP contribution in [0.3, 0.4) is 0 Å². The third kappa shape index (κ3) is 4.13. The summed E-state index contributed by atoms with van der Waals surface area (Å²) in [5.41, 5.74) is 9.31. The van der Waals surface area contributed by atoms with E-state index in [4.69, 9.17) is 5.73 Å². The first-order valence-corrected chi connectivity index (χ1v) is 10.2. The first-order valence-electron chi connectivity index (χ1n) is 9.08. The number of nitrogens with two attached hydrogens (primary N) is 1. The zero-order chi connectivity index (χ0) is 16.9. The van der Waals surface area contributed by atoms with Gasteiger partial charge in [-0.2, -0.15) is 11.8 Å². The Bertz CT molecular complexity index is 572. The molecule has 1 aromatic carbocycles. The molecule has 1 saturated carbocycles. The molecule has 4 nitrogen and oxygen atoms in total. The largest absolute Gasteiger partial charge is 0.330 e. The lowest BCUT2D eigenvalue weighted by Gasteiger charge is -2.27. The molecule has 24 heavy (non-hydrogen) atoms. The van der Waals surface area contributed by atoms with Crippen LogP contribution in [-0.2, 0) is 11.3 Å². The van der Waals surface area contributed by atoms with Crippen molar-refractivity contribution in [1.29, 1.82) is 0 Å². The Morgan fingerprint density at radius 2 is 2.12 bits per heavy atom. The standard InChI is InChI=1S/C19H29N3OS/c1-14-16(13-22-8-10-24-11-9-22)5-3-7-18(14)21-19(23)17-6-2-4-15(17)12-20/h3,5,7,15,17H,2,4,6,8-13,20H2,1H3,(H,21,23)/t15-,17-/m1/s1. The maximum absolute atomic E-state index is 12.7. The van der Waals surface area contributed by atoms with Gasteiger partial charge in [0.1, 0.15) is 0 Å². The van der Waals surface area contributed by atoms with Crippen LogP contribution in [0.2, 0.25) is 0 Å². The molecule has 1 aliphatic carbocycles. The van der Waals surface area contributed by atoms with E-state index in [1.165, 1.54) is 22.6 Å². The van der Waals surface area contributed by atoms with Crippen LogP contribution in [0, 0.1) is 18.8 Å². The number of thioether (sulfide) groups is 1. The fourth-order valence-corrected chi connectivity index (χ4v) is 4.86. The van der Waals surface area contributed by atoms with E-state index in [0.717, 1.165) is 44.6 Å². The van der Waals surface area contributed by atoms with Crippen molar-refractivity contribution < 1.29 is 4.79 Å². The van der Waals surface area contributed by atoms with Crippen LogP contribution in [-0.4, -0.2) is 41.9 Å². The quantitative estimate of drug-likeness (QED) is 0.860. The first kappa shape index (κ1) is 17.8. The number of nitrogens with zero attached hydrogens (tertiary/aromatic N) is 1. The number of carbonyl (C=O) groups excluding carboxylic acids is 1. The predicted molar refractivity (Wildman–Crippen MR) is 102 cm³/mol. The van der Waals surface area contributed by atoms with E-state index in [2.05, 4.69) is 29.3 Å². The molecule has 1 aromatic rings. The zero-order valence-corrected chi connectivity index (χ0v) is 15.4. The molecule has 0 radical (unpaired) electrons. The molecule has 3 rings (SSSR count). The third-order valence-electron chi connectivity index (χ3n) is 5.50.